The largest absolute Gasteiger partial charge is 0.497 e. The summed E-state index contributed by atoms with van der Waals surface area (Å²) < 4.78 is 5.28. The number of rotatable bonds is 5. The molecule has 0 spiro atoms. The molecule has 0 N–H and O–H groups in total. The van der Waals surface area contributed by atoms with Crippen molar-refractivity contribution in [3.05, 3.63) is 100 Å². The normalized spacial score (nSPS) is 10.7. The van der Waals surface area contributed by atoms with E-state index in [9.17, 15) is 4.79 Å². The predicted octanol–water partition coefficient (Wildman–Crippen LogP) is 6.94. The lowest BCUT2D eigenvalue weighted by molar-refractivity contribution is 0.104. The fourth-order valence-corrected chi connectivity index (χ4v) is 4.39. The first kappa shape index (κ1) is 19.2. The number of methoxy groups -OCH3 is 1. The maximum atomic E-state index is 13.4. The molecule has 0 saturated heterocycles. The van der Waals surface area contributed by atoms with Crippen LogP contribution in [0.15, 0.2) is 78.9 Å². The van der Waals surface area contributed by atoms with Gasteiger partial charge in [0.1, 0.15) is 5.75 Å². The number of aryl methyl sites for hydroxylation is 2. The van der Waals surface area contributed by atoms with Crippen LogP contribution in [0.2, 0.25) is 0 Å². The van der Waals surface area contributed by atoms with Crippen LogP contribution in [0.3, 0.4) is 0 Å². The van der Waals surface area contributed by atoms with E-state index < -0.39 is 0 Å². The Bertz CT molecular complexity index is 1140. The lowest BCUT2D eigenvalue weighted by Gasteiger charge is -2.05. The highest BCUT2D eigenvalue weighted by molar-refractivity contribution is 7.18. The van der Waals surface area contributed by atoms with E-state index in [0.29, 0.717) is 5.56 Å². The summed E-state index contributed by atoms with van der Waals surface area (Å²) in [5.74, 6) is 0.855. The van der Waals surface area contributed by atoms with Gasteiger partial charge >= 0.3 is 0 Å². The minimum Gasteiger partial charge on any atom is -0.497 e. The minimum atomic E-state index is 0.0548. The third-order valence-corrected chi connectivity index (χ3v) is 6.17. The number of carbonyl (C=O) groups is 1. The average Bonchev–Trinajstić information content (AvgIpc) is 3.20. The molecule has 4 aromatic rings. The Balaban J connectivity index is 1.83. The molecule has 3 aromatic carbocycles. The third-order valence-electron chi connectivity index (χ3n) is 4.99. The van der Waals surface area contributed by atoms with Gasteiger partial charge in [-0.25, -0.2) is 0 Å². The Morgan fingerprint density at radius 1 is 0.759 bits per heavy atom. The van der Waals surface area contributed by atoms with Crippen LogP contribution in [0.5, 0.6) is 5.75 Å². The highest BCUT2D eigenvalue weighted by Crippen LogP contribution is 2.39. The van der Waals surface area contributed by atoms with Crippen LogP contribution in [0.25, 0.3) is 21.6 Å². The highest BCUT2D eigenvalue weighted by atomic mass is 32.1. The van der Waals surface area contributed by atoms with Gasteiger partial charge in [-0.1, -0.05) is 71.8 Å². The molecular weight excluding hydrogens is 376 g/mol. The summed E-state index contributed by atoms with van der Waals surface area (Å²) in [7, 11) is 1.65. The SMILES string of the molecule is COc1ccc(-c2cc(-c3ccc(C)cc3)sc2C(=O)c2ccc(C)cc2)cc1. The van der Waals surface area contributed by atoms with Crippen molar-refractivity contribution in [2.45, 2.75) is 13.8 Å². The summed E-state index contributed by atoms with van der Waals surface area (Å²) in [5.41, 5.74) is 6.16. The molecule has 0 unspecified atom stereocenters. The summed E-state index contributed by atoms with van der Waals surface area (Å²) in [4.78, 5) is 15.2. The monoisotopic (exact) mass is 398 g/mol. The zero-order valence-electron chi connectivity index (χ0n) is 16.7. The average molecular weight is 399 g/mol. The fourth-order valence-electron chi connectivity index (χ4n) is 3.24. The van der Waals surface area contributed by atoms with Gasteiger partial charge in [0.05, 0.1) is 12.0 Å². The molecule has 0 aliphatic rings. The van der Waals surface area contributed by atoms with Crippen LogP contribution in [-0.2, 0) is 0 Å². The van der Waals surface area contributed by atoms with Gasteiger partial charge in [-0.2, -0.15) is 0 Å². The first-order valence-electron chi connectivity index (χ1n) is 9.52. The quantitative estimate of drug-likeness (QED) is 0.340. The second-order valence-electron chi connectivity index (χ2n) is 7.14. The van der Waals surface area contributed by atoms with E-state index in [1.807, 2.05) is 55.5 Å². The predicted molar refractivity (Wildman–Crippen MR) is 121 cm³/mol. The molecule has 0 atom stereocenters. The minimum absolute atomic E-state index is 0.0548. The number of ketones is 1. The molecule has 4 rings (SSSR count). The highest BCUT2D eigenvalue weighted by Gasteiger charge is 2.20. The van der Waals surface area contributed by atoms with Crippen molar-refractivity contribution in [1.82, 2.24) is 0 Å². The molecule has 1 aromatic heterocycles. The van der Waals surface area contributed by atoms with Gasteiger partial charge in [0.25, 0.3) is 0 Å². The van der Waals surface area contributed by atoms with Gasteiger partial charge < -0.3 is 4.74 Å². The van der Waals surface area contributed by atoms with Crippen LogP contribution < -0.4 is 4.74 Å². The molecule has 3 heteroatoms. The molecule has 1 heterocycles. The summed E-state index contributed by atoms with van der Waals surface area (Å²) >= 11 is 1.55. The molecule has 0 amide bonds. The molecule has 0 fully saturated rings. The van der Waals surface area contributed by atoms with Gasteiger partial charge in [0, 0.05) is 16.0 Å². The summed E-state index contributed by atoms with van der Waals surface area (Å²) in [6.07, 6.45) is 0. The van der Waals surface area contributed by atoms with Crippen LogP contribution in [0.4, 0.5) is 0 Å². The molecule has 0 aliphatic carbocycles. The van der Waals surface area contributed by atoms with Crippen molar-refractivity contribution < 1.29 is 9.53 Å². The Hall–Kier alpha value is -3.17. The van der Waals surface area contributed by atoms with Crippen molar-refractivity contribution >= 4 is 17.1 Å². The number of ether oxygens (including phenoxy) is 1. The molecule has 0 bridgehead atoms. The van der Waals surface area contributed by atoms with Gasteiger partial charge in [0.15, 0.2) is 0 Å². The van der Waals surface area contributed by atoms with Crippen molar-refractivity contribution in [3.63, 3.8) is 0 Å². The maximum Gasteiger partial charge on any atom is 0.203 e. The Labute approximate surface area is 175 Å². The van der Waals surface area contributed by atoms with Crippen molar-refractivity contribution in [3.8, 4) is 27.3 Å². The fraction of sp³-hybridized carbons (Fsp3) is 0.115. The smallest absolute Gasteiger partial charge is 0.203 e. The Morgan fingerprint density at radius 2 is 1.31 bits per heavy atom. The third kappa shape index (κ3) is 4.01. The summed E-state index contributed by atoms with van der Waals surface area (Å²) in [6, 6.07) is 26.2. The lowest BCUT2D eigenvalue weighted by atomic mass is 10.00. The molecule has 0 radical (unpaired) electrons. The molecule has 144 valence electrons. The zero-order chi connectivity index (χ0) is 20.4. The summed E-state index contributed by atoms with van der Waals surface area (Å²) in [5, 5.41) is 0. The first-order chi connectivity index (χ1) is 14.0. The number of thiophene rings is 1. The van der Waals surface area contributed by atoms with E-state index in [0.717, 1.165) is 37.8 Å². The first-order valence-corrected chi connectivity index (χ1v) is 10.3. The Kier molecular flexibility index (Phi) is 5.32. The maximum absolute atomic E-state index is 13.4. The number of hydrogen-bond acceptors (Lipinski definition) is 3. The number of benzene rings is 3. The van der Waals surface area contributed by atoms with Crippen LogP contribution in [-0.4, -0.2) is 12.9 Å². The van der Waals surface area contributed by atoms with Crippen LogP contribution in [0.1, 0.15) is 26.4 Å². The molecular formula is C26H22O2S. The lowest BCUT2D eigenvalue weighted by Crippen LogP contribution is -2.00. The van der Waals surface area contributed by atoms with Gasteiger partial charge in [-0.3, -0.25) is 4.79 Å². The van der Waals surface area contributed by atoms with E-state index in [1.165, 1.54) is 5.56 Å². The van der Waals surface area contributed by atoms with Crippen molar-refractivity contribution in [2.75, 3.05) is 7.11 Å². The second kappa shape index (κ2) is 8.06. The Morgan fingerprint density at radius 3 is 1.90 bits per heavy atom. The van der Waals surface area contributed by atoms with E-state index in [-0.39, 0.29) is 5.78 Å². The second-order valence-corrected chi connectivity index (χ2v) is 8.20. The van der Waals surface area contributed by atoms with Gasteiger partial charge in [-0.15, -0.1) is 11.3 Å². The summed E-state index contributed by atoms with van der Waals surface area (Å²) in [6.45, 7) is 4.10. The molecule has 2 nitrogen and oxygen atoms in total. The standard InChI is InChI=1S/C26H22O2S/c1-17-4-8-20(9-5-17)24-16-23(19-12-14-22(28-3)15-13-19)26(29-24)25(27)21-10-6-18(2)7-11-21/h4-16H,1-3H3. The van der Waals surface area contributed by atoms with Crippen LogP contribution in [0, 0.1) is 13.8 Å². The van der Waals surface area contributed by atoms with Gasteiger partial charge in [-0.05, 0) is 43.2 Å². The topological polar surface area (TPSA) is 26.3 Å². The van der Waals surface area contributed by atoms with Crippen LogP contribution >= 0.6 is 11.3 Å². The molecule has 0 saturated carbocycles. The zero-order valence-corrected chi connectivity index (χ0v) is 17.5. The van der Waals surface area contributed by atoms with Gasteiger partial charge in [0.2, 0.25) is 5.78 Å². The number of hydrogen-bond donors (Lipinski definition) is 0. The molecule has 0 aliphatic heterocycles. The van der Waals surface area contributed by atoms with E-state index in [2.05, 4.69) is 37.3 Å². The van der Waals surface area contributed by atoms with Crippen molar-refractivity contribution in [1.29, 1.82) is 0 Å². The molecule has 29 heavy (non-hydrogen) atoms. The van der Waals surface area contributed by atoms with E-state index in [1.54, 1.807) is 18.4 Å². The van der Waals surface area contributed by atoms with E-state index in [4.69, 9.17) is 4.74 Å². The van der Waals surface area contributed by atoms with Crippen molar-refractivity contribution in [2.24, 2.45) is 0 Å². The number of carbonyl (C=O) groups excluding carboxylic acids is 1. The van der Waals surface area contributed by atoms with E-state index >= 15 is 0 Å².